The van der Waals surface area contributed by atoms with Gasteiger partial charge in [-0.15, -0.1) is 0 Å². The maximum absolute atomic E-state index is 12.7. The van der Waals surface area contributed by atoms with Gasteiger partial charge in [0.15, 0.2) is 6.10 Å². The third-order valence-corrected chi connectivity index (χ3v) is 5.81. The van der Waals surface area contributed by atoms with E-state index in [1.807, 2.05) is 30.3 Å². The lowest BCUT2D eigenvalue weighted by Crippen LogP contribution is -2.37. The number of amides is 1. The largest absolute Gasteiger partial charge is 0.481 e. The van der Waals surface area contributed by atoms with Crippen LogP contribution in [0.1, 0.15) is 12.8 Å². The van der Waals surface area contributed by atoms with Crippen molar-refractivity contribution >= 4 is 21.6 Å². The second kappa shape index (κ2) is 9.17. The highest BCUT2D eigenvalue weighted by molar-refractivity contribution is 7.92. The van der Waals surface area contributed by atoms with Crippen LogP contribution >= 0.6 is 0 Å². The molecule has 0 bridgehead atoms. The number of carbonyl (C=O) groups is 1. The van der Waals surface area contributed by atoms with Gasteiger partial charge >= 0.3 is 0 Å². The van der Waals surface area contributed by atoms with Crippen LogP contribution in [0.3, 0.4) is 0 Å². The average Bonchev–Trinajstić information content (AvgIpc) is 3.21. The molecule has 0 N–H and O–H groups in total. The van der Waals surface area contributed by atoms with Gasteiger partial charge in [0.2, 0.25) is 21.7 Å². The lowest BCUT2D eigenvalue weighted by atomic mass is 10.2. The lowest BCUT2D eigenvalue weighted by molar-refractivity contribution is -0.137. The van der Waals surface area contributed by atoms with E-state index >= 15 is 0 Å². The number of sulfonamides is 1. The molecule has 3 rings (SSSR count). The number of carbonyl (C=O) groups excluding carboxylic acids is 1. The molecule has 0 aliphatic rings. The van der Waals surface area contributed by atoms with Crippen molar-refractivity contribution in [1.82, 2.24) is 15.0 Å². The highest BCUT2D eigenvalue weighted by Crippen LogP contribution is 2.21. The van der Waals surface area contributed by atoms with Crippen molar-refractivity contribution < 1.29 is 22.5 Å². The van der Waals surface area contributed by atoms with E-state index in [1.165, 1.54) is 11.9 Å². The molecule has 0 spiro atoms. The first-order valence-electron chi connectivity index (χ1n) is 9.49. The lowest BCUT2D eigenvalue weighted by Gasteiger charge is -2.21. The van der Waals surface area contributed by atoms with Gasteiger partial charge in [-0.2, -0.15) is 4.98 Å². The zero-order valence-electron chi connectivity index (χ0n) is 17.7. The van der Waals surface area contributed by atoms with Gasteiger partial charge in [-0.05, 0) is 31.2 Å². The summed E-state index contributed by atoms with van der Waals surface area (Å²) in [6.07, 6.45) is 0.361. The molecule has 9 nitrogen and oxygen atoms in total. The van der Waals surface area contributed by atoms with Crippen molar-refractivity contribution in [2.45, 2.75) is 19.6 Å². The number of nitrogens with zero attached hydrogens (tertiary/aromatic N) is 4. The van der Waals surface area contributed by atoms with E-state index in [0.717, 1.165) is 16.1 Å². The number of hydrogen-bond acceptors (Lipinski definition) is 7. The van der Waals surface area contributed by atoms with Crippen molar-refractivity contribution in [3.63, 3.8) is 0 Å². The molecule has 164 valence electrons. The molecule has 0 saturated carbocycles. The summed E-state index contributed by atoms with van der Waals surface area (Å²) in [6.45, 7) is 1.78. The predicted molar refractivity (Wildman–Crippen MR) is 116 cm³/mol. The molecule has 10 heteroatoms. The van der Waals surface area contributed by atoms with Crippen molar-refractivity contribution in [3.8, 4) is 17.1 Å². The minimum Gasteiger partial charge on any atom is -0.481 e. The number of ether oxygens (including phenoxy) is 1. The SMILES string of the molecule is C[C@H](Oc1ccc(N(C)S(C)(=O)=O)cc1)C(=O)N(C)Cc1nc(-c2ccccc2)no1. The summed E-state index contributed by atoms with van der Waals surface area (Å²) in [5, 5.41) is 3.95. The summed E-state index contributed by atoms with van der Waals surface area (Å²) in [4.78, 5) is 18.4. The van der Waals surface area contributed by atoms with E-state index in [9.17, 15) is 13.2 Å². The van der Waals surface area contributed by atoms with Gasteiger partial charge in [-0.1, -0.05) is 35.5 Å². The molecule has 0 aliphatic carbocycles. The summed E-state index contributed by atoms with van der Waals surface area (Å²) in [5.74, 6) is 0.954. The Kier molecular flexibility index (Phi) is 6.59. The zero-order valence-corrected chi connectivity index (χ0v) is 18.5. The second-order valence-corrected chi connectivity index (χ2v) is 9.07. The Morgan fingerprint density at radius 3 is 2.35 bits per heavy atom. The van der Waals surface area contributed by atoms with Gasteiger partial charge in [0.05, 0.1) is 18.5 Å². The molecule has 2 aromatic carbocycles. The van der Waals surface area contributed by atoms with Crippen molar-refractivity contribution in [2.24, 2.45) is 0 Å². The fourth-order valence-corrected chi connectivity index (χ4v) is 3.30. The fourth-order valence-electron chi connectivity index (χ4n) is 2.80. The Morgan fingerprint density at radius 1 is 1.10 bits per heavy atom. The molecule has 0 aliphatic heterocycles. The highest BCUT2D eigenvalue weighted by atomic mass is 32.2. The maximum Gasteiger partial charge on any atom is 0.263 e. The monoisotopic (exact) mass is 444 g/mol. The van der Waals surface area contributed by atoms with Gasteiger partial charge < -0.3 is 14.2 Å². The molecule has 31 heavy (non-hydrogen) atoms. The molecule has 0 fully saturated rings. The molecule has 0 radical (unpaired) electrons. The van der Waals surface area contributed by atoms with Crippen LogP contribution in [-0.2, 0) is 21.4 Å². The summed E-state index contributed by atoms with van der Waals surface area (Å²) in [5.41, 5.74) is 1.32. The molecular formula is C21H24N4O5S. The van der Waals surface area contributed by atoms with Crippen LogP contribution in [0.4, 0.5) is 5.69 Å². The molecule has 1 aromatic heterocycles. The smallest absolute Gasteiger partial charge is 0.263 e. The standard InChI is InChI=1S/C21H24N4O5S/c1-15(29-18-12-10-17(11-13-18)25(3)31(4,27)28)21(26)24(2)14-19-22-20(23-30-19)16-8-6-5-7-9-16/h5-13,15H,14H2,1-4H3/t15-/m0/s1. The first-order chi connectivity index (χ1) is 14.6. The van der Waals surface area contributed by atoms with Crippen molar-refractivity contribution in [3.05, 3.63) is 60.5 Å². The van der Waals surface area contributed by atoms with Crippen LogP contribution < -0.4 is 9.04 Å². The topological polar surface area (TPSA) is 106 Å². The molecule has 0 saturated heterocycles. The van der Waals surface area contributed by atoms with Gasteiger partial charge in [0.1, 0.15) is 5.75 Å². The van der Waals surface area contributed by atoms with E-state index in [-0.39, 0.29) is 12.5 Å². The zero-order chi connectivity index (χ0) is 22.6. The highest BCUT2D eigenvalue weighted by Gasteiger charge is 2.22. The van der Waals surface area contributed by atoms with Crippen LogP contribution in [-0.4, -0.2) is 55.8 Å². The summed E-state index contributed by atoms with van der Waals surface area (Å²) in [6, 6.07) is 15.9. The van der Waals surface area contributed by atoms with Gasteiger partial charge in [-0.3, -0.25) is 9.10 Å². The van der Waals surface area contributed by atoms with Crippen LogP contribution in [0.25, 0.3) is 11.4 Å². The van der Waals surface area contributed by atoms with Gasteiger partial charge in [-0.25, -0.2) is 8.42 Å². The van der Waals surface area contributed by atoms with Crippen LogP contribution in [0.15, 0.2) is 59.1 Å². The van der Waals surface area contributed by atoms with E-state index < -0.39 is 16.1 Å². The molecule has 0 unspecified atom stereocenters. The molecule has 1 amide bonds. The van der Waals surface area contributed by atoms with E-state index in [2.05, 4.69) is 10.1 Å². The molecule has 1 atom stereocenters. The first kappa shape index (κ1) is 22.3. The number of aromatic nitrogens is 2. The van der Waals surface area contributed by atoms with E-state index in [1.54, 1.807) is 38.2 Å². The number of anilines is 1. The second-order valence-electron chi connectivity index (χ2n) is 7.06. The van der Waals surface area contributed by atoms with Crippen LogP contribution in [0.2, 0.25) is 0 Å². The summed E-state index contributed by atoms with van der Waals surface area (Å²) < 4.78 is 35.4. The quantitative estimate of drug-likeness (QED) is 0.526. The van der Waals surface area contributed by atoms with Crippen molar-refractivity contribution in [2.75, 3.05) is 24.7 Å². The minimum absolute atomic E-state index is 0.143. The predicted octanol–water partition coefficient (Wildman–Crippen LogP) is 2.56. The Morgan fingerprint density at radius 2 is 1.74 bits per heavy atom. The Hall–Kier alpha value is -3.40. The number of hydrogen-bond donors (Lipinski definition) is 0. The number of rotatable bonds is 8. The van der Waals surface area contributed by atoms with Gasteiger partial charge in [0.25, 0.3) is 5.91 Å². The summed E-state index contributed by atoms with van der Waals surface area (Å²) in [7, 11) is -0.261. The first-order valence-corrected chi connectivity index (χ1v) is 11.3. The minimum atomic E-state index is -3.35. The normalized spacial score (nSPS) is 12.3. The molecule has 1 heterocycles. The molecule has 3 aromatic rings. The third-order valence-electron chi connectivity index (χ3n) is 4.61. The number of likely N-dealkylation sites (N-methyl/N-ethyl adjacent to an activating group) is 1. The maximum atomic E-state index is 12.7. The van der Waals surface area contributed by atoms with Crippen LogP contribution in [0.5, 0.6) is 5.75 Å². The molecular weight excluding hydrogens is 420 g/mol. The van der Waals surface area contributed by atoms with E-state index in [4.69, 9.17) is 9.26 Å². The van der Waals surface area contributed by atoms with Gasteiger partial charge in [0, 0.05) is 19.7 Å². The van der Waals surface area contributed by atoms with Crippen molar-refractivity contribution in [1.29, 1.82) is 0 Å². The Labute approximate surface area is 181 Å². The third kappa shape index (κ3) is 5.60. The Bertz CT molecular complexity index is 1130. The van der Waals surface area contributed by atoms with Crippen LogP contribution in [0, 0.1) is 0 Å². The average molecular weight is 445 g/mol. The van der Waals surface area contributed by atoms with E-state index in [0.29, 0.717) is 23.2 Å². The Balaban J connectivity index is 1.59. The summed E-state index contributed by atoms with van der Waals surface area (Å²) >= 11 is 0. The number of benzene rings is 2. The fraction of sp³-hybridized carbons (Fsp3) is 0.286.